The predicted octanol–water partition coefficient (Wildman–Crippen LogP) is 4.09. The van der Waals surface area contributed by atoms with Crippen molar-refractivity contribution < 1.29 is 13.2 Å². The van der Waals surface area contributed by atoms with Crippen molar-refractivity contribution in [3.05, 3.63) is 52.8 Å². The summed E-state index contributed by atoms with van der Waals surface area (Å²) in [5, 5.41) is 0.388. The number of nitrogens with one attached hydrogen (secondary N) is 1. The minimum Gasteiger partial charge on any atom is -0.492 e. The molecule has 0 bridgehead atoms. The molecular formula is C18H23ClN2O3S. The molecule has 1 N–H and O–H groups in total. The zero-order chi connectivity index (χ0) is 18.3. The van der Waals surface area contributed by atoms with Crippen LogP contribution in [0.2, 0.25) is 5.02 Å². The molecule has 0 radical (unpaired) electrons. The van der Waals surface area contributed by atoms with Crippen LogP contribution in [0.15, 0.2) is 41.4 Å². The van der Waals surface area contributed by atoms with Crippen molar-refractivity contribution in [1.82, 2.24) is 9.71 Å². The van der Waals surface area contributed by atoms with Crippen LogP contribution >= 0.6 is 11.6 Å². The van der Waals surface area contributed by atoms with E-state index in [4.69, 9.17) is 16.3 Å². The van der Waals surface area contributed by atoms with E-state index in [1.807, 2.05) is 13.0 Å². The highest BCUT2D eigenvalue weighted by atomic mass is 35.5. The van der Waals surface area contributed by atoms with Gasteiger partial charge in [-0.15, -0.1) is 0 Å². The Hall–Kier alpha value is -1.63. The van der Waals surface area contributed by atoms with E-state index in [2.05, 4.69) is 16.6 Å². The average Bonchev–Trinajstić information content (AvgIpc) is 2.60. The molecule has 5 nitrogen and oxygen atoms in total. The second kappa shape index (κ2) is 9.17. The summed E-state index contributed by atoms with van der Waals surface area (Å²) in [5.41, 5.74) is 1.41. The molecule has 25 heavy (non-hydrogen) atoms. The lowest BCUT2D eigenvalue weighted by molar-refractivity contribution is 0.298. The minimum atomic E-state index is -3.77. The summed E-state index contributed by atoms with van der Waals surface area (Å²) in [6.45, 7) is 4.49. The molecule has 2 rings (SSSR count). The summed E-state index contributed by atoms with van der Waals surface area (Å²) in [6.07, 6.45) is 4.60. The van der Waals surface area contributed by atoms with Crippen LogP contribution in [0.4, 0.5) is 0 Å². The van der Waals surface area contributed by atoms with Gasteiger partial charge in [0.1, 0.15) is 10.6 Å². The Morgan fingerprint density at radius 3 is 2.72 bits per heavy atom. The first kappa shape index (κ1) is 19.7. The molecule has 1 aromatic carbocycles. The first-order valence-corrected chi connectivity index (χ1v) is 10.1. The van der Waals surface area contributed by atoms with Crippen LogP contribution in [0.25, 0.3) is 0 Å². The number of sulfonamides is 1. The topological polar surface area (TPSA) is 68.3 Å². The van der Waals surface area contributed by atoms with Gasteiger partial charge in [0.2, 0.25) is 10.0 Å². The van der Waals surface area contributed by atoms with Gasteiger partial charge in [-0.2, -0.15) is 0 Å². The van der Waals surface area contributed by atoms with E-state index >= 15 is 0 Å². The highest BCUT2D eigenvalue weighted by Gasteiger charge is 2.21. The lowest BCUT2D eigenvalue weighted by atomic mass is 10.2. The Balaban J connectivity index is 2.20. The van der Waals surface area contributed by atoms with Crippen LogP contribution in [-0.2, 0) is 16.6 Å². The molecule has 0 unspecified atom stereocenters. The van der Waals surface area contributed by atoms with Gasteiger partial charge in [-0.1, -0.05) is 37.4 Å². The Morgan fingerprint density at radius 1 is 1.24 bits per heavy atom. The van der Waals surface area contributed by atoms with Crippen molar-refractivity contribution in [1.29, 1.82) is 0 Å². The summed E-state index contributed by atoms with van der Waals surface area (Å²) in [5.74, 6) is 0.325. The largest absolute Gasteiger partial charge is 0.492 e. The zero-order valence-corrected chi connectivity index (χ0v) is 16.0. The number of benzene rings is 1. The third-order valence-electron chi connectivity index (χ3n) is 3.69. The Labute approximate surface area is 154 Å². The molecular weight excluding hydrogens is 360 g/mol. The van der Waals surface area contributed by atoms with Crippen molar-refractivity contribution in [3.63, 3.8) is 0 Å². The summed E-state index contributed by atoms with van der Waals surface area (Å²) < 4.78 is 33.7. The van der Waals surface area contributed by atoms with E-state index in [0.29, 0.717) is 23.1 Å². The summed E-state index contributed by atoms with van der Waals surface area (Å²) in [7, 11) is -3.77. The monoisotopic (exact) mass is 382 g/mol. The summed E-state index contributed by atoms with van der Waals surface area (Å²) in [4.78, 5) is 4.17. The molecule has 1 aromatic heterocycles. The average molecular weight is 383 g/mol. The molecule has 136 valence electrons. The van der Waals surface area contributed by atoms with Gasteiger partial charge >= 0.3 is 0 Å². The second-order valence-electron chi connectivity index (χ2n) is 5.75. The lowest BCUT2D eigenvalue weighted by Crippen LogP contribution is -2.24. The van der Waals surface area contributed by atoms with Gasteiger partial charge in [0.15, 0.2) is 0 Å². The SMILES string of the molecule is CCCCCOc1cc(C)c(Cl)cc1S(=O)(=O)NCc1ccccn1. The fourth-order valence-corrected chi connectivity index (χ4v) is 3.62. The first-order chi connectivity index (χ1) is 11.9. The normalized spacial score (nSPS) is 11.5. The molecule has 0 atom stereocenters. The zero-order valence-electron chi connectivity index (χ0n) is 14.5. The predicted molar refractivity (Wildman–Crippen MR) is 99.5 cm³/mol. The molecule has 0 saturated heterocycles. The van der Waals surface area contributed by atoms with Crippen LogP contribution in [0.1, 0.15) is 37.4 Å². The van der Waals surface area contributed by atoms with Crippen LogP contribution < -0.4 is 9.46 Å². The molecule has 0 spiro atoms. The van der Waals surface area contributed by atoms with Gasteiger partial charge in [-0.3, -0.25) is 4.98 Å². The van der Waals surface area contributed by atoms with Crippen LogP contribution in [0, 0.1) is 6.92 Å². The molecule has 2 aromatic rings. The first-order valence-electron chi connectivity index (χ1n) is 8.26. The number of hydrogen-bond acceptors (Lipinski definition) is 4. The molecule has 0 aliphatic rings. The molecule has 0 fully saturated rings. The Kier molecular flexibility index (Phi) is 7.23. The number of aromatic nitrogens is 1. The van der Waals surface area contributed by atoms with Crippen LogP contribution in [-0.4, -0.2) is 20.0 Å². The number of nitrogens with zero attached hydrogens (tertiary/aromatic N) is 1. The summed E-state index contributed by atoms with van der Waals surface area (Å²) >= 11 is 6.13. The third kappa shape index (κ3) is 5.70. The summed E-state index contributed by atoms with van der Waals surface area (Å²) in [6, 6.07) is 8.45. The van der Waals surface area contributed by atoms with Gasteiger partial charge in [-0.05, 0) is 43.2 Å². The Morgan fingerprint density at radius 2 is 2.04 bits per heavy atom. The van der Waals surface area contributed by atoms with Gasteiger partial charge in [0.25, 0.3) is 0 Å². The maximum absolute atomic E-state index is 12.7. The molecule has 0 saturated carbocycles. The quantitative estimate of drug-likeness (QED) is 0.663. The van der Waals surface area contributed by atoms with E-state index in [1.54, 1.807) is 24.4 Å². The number of aryl methyl sites for hydroxylation is 1. The fraction of sp³-hybridized carbons (Fsp3) is 0.389. The van der Waals surface area contributed by atoms with E-state index in [-0.39, 0.29) is 11.4 Å². The van der Waals surface area contributed by atoms with Crippen molar-refractivity contribution in [2.45, 2.75) is 44.6 Å². The molecule has 0 aliphatic carbocycles. The number of unbranched alkanes of at least 4 members (excludes halogenated alkanes) is 2. The smallest absolute Gasteiger partial charge is 0.244 e. The van der Waals surface area contributed by atoms with E-state index < -0.39 is 10.0 Å². The van der Waals surface area contributed by atoms with Crippen molar-refractivity contribution in [2.24, 2.45) is 0 Å². The van der Waals surface area contributed by atoms with Crippen molar-refractivity contribution in [2.75, 3.05) is 6.61 Å². The van der Waals surface area contributed by atoms with Crippen LogP contribution in [0.3, 0.4) is 0 Å². The highest BCUT2D eigenvalue weighted by Crippen LogP contribution is 2.30. The molecule has 7 heteroatoms. The van der Waals surface area contributed by atoms with Crippen molar-refractivity contribution >= 4 is 21.6 Å². The molecule has 0 amide bonds. The standard InChI is InChI=1S/C18H23ClN2O3S/c1-3-4-7-10-24-17-11-14(2)16(19)12-18(17)25(22,23)21-13-15-8-5-6-9-20-15/h5-6,8-9,11-12,21H,3-4,7,10,13H2,1-2H3. The Bertz CT molecular complexity index is 795. The number of ether oxygens (including phenoxy) is 1. The number of pyridine rings is 1. The van der Waals surface area contributed by atoms with Gasteiger partial charge < -0.3 is 4.74 Å². The van der Waals surface area contributed by atoms with E-state index in [0.717, 1.165) is 24.8 Å². The minimum absolute atomic E-state index is 0.0514. The van der Waals surface area contributed by atoms with Gasteiger partial charge in [0.05, 0.1) is 18.8 Å². The maximum atomic E-state index is 12.7. The fourth-order valence-electron chi connectivity index (χ4n) is 2.24. The number of rotatable bonds is 9. The van der Waals surface area contributed by atoms with Gasteiger partial charge in [0, 0.05) is 11.2 Å². The highest BCUT2D eigenvalue weighted by molar-refractivity contribution is 7.89. The van der Waals surface area contributed by atoms with Crippen LogP contribution in [0.5, 0.6) is 5.75 Å². The number of hydrogen-bond donors (Lipinski definition) is 1. The third-order valence-corrected chi connectivity index (χ3v) is 5.52. The van der Waals surface area contributed by atoms with E-state index in [1.165, 1.54) is 6.07 Å². The van der Waals surface area contributed by atoms with Gasteiger partial charge in [-0.25, -0.2) is 13.1 Å². The maximum Gasteiger partial charge on any atom is 0.244 e. The van der Waals surface area contributed by atoms with E-state index in [9.17, 15) is 8.42 Å². The van der Waals surface area contributed by atoms with Crippen molar-refractivity contribution in [3.8, 4) is 5.75 Å². The molecule has 0 aliphatic heterocycles. The second-order valence-corrected chi connectivity index (χ2v) is 7.89. The lowest BCUT2D eigenvalue weighted by Gasteiger charge is -2.14. The number of halogens is 1. The molecule has 1 heterocycles.